The number of alkyl halides is 3. The van der Waals surface area contributed by atoms with Crippen molar-refractivity contribution in [2.24, 2.45) is 0 Å². The Morgan fingerprint density at radius 3 is 2.20 bits per heavy atom. The number of likely N-dealkylation sites (N-methyl/N-ethyl adjacent to an activating group) is 1. The highest BCUT2D eigenvalue weighted by atomic mass is 19.4. The number of nitrogens with one attached hydrogen (secondary N) is 3. The molecule has 3 N–H and O–H groups in total. The van der Waals surface area contributed by atoms with Crippen LogP contribution >= 0.6 is 0 Å². The average molecular weight is 558 g/mol. The molecule has 1 fully saturated rings. The lowest BCUT2D eigenvalue weighted by Gasteiger charge is -2.34. The molecule has 10 nitrogen and oxygen atoms in total. The number of ether oxygens (including phenoxy) is 1. The monoisotopic (exact) mass is 557 g/mol. The number of carbonyl (C=O) groups excluding carboxylic acids is 2. The maximum atomic E-state index is 13.9. The highest BCUT2D eigenvalue weighted by Gasteiger charge is 2.34. The molecular formula is C27H30F3N7O3. The summed E-state index contributed by atoms with van der Waals surface area (Å²) < 4.78 is 47.2. The molecule has 1 aliphatic rings. The van der Waals surface area contributed by atoms with E-state index in [-0.39, 0.29) is 35.4 Å². The molecule has 1 aliphatic heterocycles. The molecular weight excluding hydrogens is 527 g/mol. The molecule has 2 aromatic carbocycles. The van der Waals surface area contributed by atoms with Crippen LogP contribution in [0.15, 0.2) is 54.9 Å². The van der Waals surface area contributed by atoms with Crippen molar-refractivity contribution < 1.29 is 27.5 Å². The first-order valence-electron chi connectivity index (χ1n) is 12.7. The molecule has 40 heavy (non-hydrogen) atoms. The number of benzene rings is 2. The molecule has 4 rings (SSSR count). The predicted molar refractivity (Wildman–Crippen MR) is 144 cm³/mol. The van der Waals surface area contributed by atoms with Crippen LogP contribution in [0.4, 0.5) is 35.2 Å². The second-order valence-electron chi connectivity index (χ2n) is 9.21. The van der Waals surface area contributed by atoms with Gasteiger partial charge in [-0.05, 0) is 48.5 Å². The Labute approximate surface area is 229 Å². The van der Waals surface area contributed by atoms with Gasteiger partial charge < -0.3 is 25.6 Å². The predicted octanol–water partition coefficient (Wildman–Crippen LogP) is 5.03. The fraction of sp³-hybridized carbons (Fsp3) is 0.333. The van der Waals surface area contributed by atoms with E-state index in [4.69, 9.17) is 4.74 Å². The van der Waals surface area contributed by atoms with E-state index in [1.807, 2.05) is 4.90 Å². The Morgan fingerprint density at radius 1 is 0.900 bits per heavy atom. The molecule has 0 bridgehead atoms. The third-order valence-electron chi connectivity index (χ3n) is 6.26. The second-order valence-corrected chi connectivity index (χ2v) is 9.21. The van der Waals surface area contributed by atoms with Crippen LogP contribution in [0.3, 0.4) is 0 Å². The fourth-order valence-electron chi connectivity index (χ4n) is 4.23. The van der Waals surface area contributed by atoms with Gasteiger partial charge in [-0.25, -0.2) is 14.8 Å². The summed E-state index contributed by atoms with van der Waals surface area (Å²) in [7, 11) is 0. The number of halogens is 3. The molecule has 0 spiro atoms. The lowest BCUT2D eigenvalue weighted by atomic mass is 10.0. The topological polar surface area (TPSA) is 112 Å². The SMILES string of the molecule is CCN1CCN(Cc2ccc(NC(=O)Nc3ccc(Oc4cc(NC(C)=O)ncn4)cc3)cc2C(F)(F)F)CC1. The zero-order valence-corrected chi connectivity index (χ0v) is 22.1. The lowest BCUT2D eigenvalue weighted by molar-refractivity contribution is -0.138. The maximum Gasteiger partial charge on any atom is 0.416 e. The van der Waals surface area contributed by atoms with Gasteiger partial charge in [0.25, 0.3) is 0 Å². The first-order chi connectivity index (χ1) is 19.1. The molecule has 3 aromatic rings. The van der Waals surface area contributed by atoms with Crippen molar-refractivity contribution in [3.8, 4) is 11.6 Å². The molecule has 0 aliphatic carbocycles. The van der Waals surface area contributed by atoms with Crippen LogP contribution in [-0.2, 0) is 17.5 Å². The summed E-state index contributed by atoms with van der Waals surface area (Å²) in [4.78, 5) is 35.9. The van der Waals surface area contributed by atoms with E-state index in [1.165, 1.54) is 31.5 Å². The molecule has 0 atom stereocenters. The van der Waals surface area contributed by atoms with Crippen molar-refractivity contribution in [2.45, 2.75) is 26.6 Å². The van der Waals surface area contributed by atoms with E-state index >= 15 is 0 Å². The van der Waals surface area contributed by atoms with E-state index in [2.05, 4.69) is 37.7 Å². The lowest BCUT2D eigenvalue weighted by Crippen LogP contribution is -2.45. The molecule has 1 aromatic heterocycles. The Hall–Kier alpha value is -4.23. The van der Waals surface area contributed by atoms with Gasteiger partial charge in [-0.1, -0.05) is 13.0 Å². The Bertz CT molecular complexity index is 1330. The van der Waals surface area contributed by atoms with Crippen molar-refractivity contribution in [3.63, 3.8) is 0 Å². The number of aromatic nitrogens is 2. The number of carbonyl (C=O) groups is 2. The largest absolute Gasteiger partial charge is 0.439 e. The first kappa shape index (κ1) is 28.8. The Morgan fingerprint density at radius 2 is 1.55 bits per heavy atom. The minimum atomic E-state index is -4.56. The van der Waals surface area contributed by atoms with Gasteiger partial charge in [0.1, 0.15) is 17.9 Å². The summed E-state index contributed by atoms with van der Waals surface area (Å²) in [5.74, 6) is 0.596. The summed E-state index contributed by atoms with van der Waals surface area (Å²) in [5.41, 5.74) is -0.170. The standard InChI is InChI=1S/C27H30F3N7O3/c1-3-36-10-12-37(13-11-36)16-19-4-5-21(14-23(19)27(28,29)30)35-26(39)34-20-6-8-22(9-7-20)40-25-15-24(31-17-32-25)33-18(2)38/h4-9,14-15,17H,3,10-13,16H2,1-2H3,(H2,34,35,39)(H,31,32,33,38). The molecule has 0 saturated carbocycles. The third kappa shape index (κ3) is 8.13. The zero-order valence-electron chi connectivity index (χ0n) is 22.1. The van der Waals surface area contributed by atoms with Gasteiger partial charge in [-0.15, -0.1) is 0 Å². The van der Waals surface area contributed by atoms with E-state index < -0.39 is 17.8 Å². The van der Waals surface area contributed by atoms with Crippen molar-refractivity contribution in [1.82, 2.24) is 19.8 Å². The van der Waals surface area contributed by atoms with Crippen LogP contribution in [0.2, 0.25) is 0 Å². The highest BCUT2D eigenvalue weighted by molar-refractivity contribution is 5.99. The number of hydrogen-bond donors (Lipinski definition) is 3. The van der Waals surface area contributed by atoms with Gasteiger partial charge in [0.2, 0.25) is 11.8 Å². The number of piperazine rings is 1. The molecule has 13 heteroatoms. The van der Waals surface area contributed by atoms with Crippen molar-refractivity contribution in [2.75, 3.05) is 48.7 Å². The van der Waals surface area contributed by atoms with Crippen LogP contribution in [0.1, 0.15) is 25.0 Å². The molecule has 0 unspecified atom stereocenters. The molecule has 1 saturated heterocycles. The molecule has 212 valence electrons. The van der Waals surface area contributed by atoms with E-state index in [1.54, 1.807) is 24.3 Å². The van der Waals surface area contributed by atoms with Crippen LogP contribution in [0.5, 0.6) is 11.6 Å². The van der Waals surface area contributed by atoms with Crippen LogP contribution < -0.4 is 20.7 Å². The second kappa shape index (κ2) is 12.7. The minimum absolute atomic E-state index is 0.0306. The van der Waals surface area contributed by atoms with Gasteiger partial charge in [0, 0.05) is 57.1 Å². The van der Waals surface area contributed by atoms with Crippen LogP contribution in [-0.4, -0.2) is 64.4 Å². The van der Waals surface area contributed by atoms with Gasteiger partial charge in [-0.2, -0.15) is 13.2 Å². The summed E-state index contributed by atoms with van der Waals surface area (Å²) in [6.07, 6.45) is -3.32. The minimum Gasteiger partial charge on any atom is -0.439 e. The average Bonchev–Trinajstić information content (AvgIpc) is 2.90. The van der Waals surface area contributed by atoms with E-state index in [0.29, 0.717) is 24.5 Å². The van der Waals surface area contributed by atoms with Crippen LogP contribution in [0.25, 0.3) is 0 Å². The quantitative estimate of drug-likeness (QED) is 0.356. The summed E-state index contributed by atoms with van der Waals surface area (Å²) in [6.45, 7) is 7.59. The first-order valence-corrected chi connectivity index (χ1v) is 12.7. The number of amides is 3. The Kier molecular flexibility index (Phi) is 9.17. The Balaban J connectivity index is 1.36. The number of rotatable bonds is 8. The molecule has 0 radical (unpaired) electrons. The highest BCUT2D eigenvalue weighted by Crippen LogP contribution is 2.34. The molecule has 2 heterocycles. The molecule has 3 amide bonds. The number of urea groups is 1. The van der Waals surface area contributed by atoms with E-state index in [9.17, 15) is 22.8 Å². The van der Waals surface area contributed by atoms with E-state index in [0.717, 1.165) is 25.7 Å². The number of hydrogen-bond acceptors (Lipinski definition) is 7. The van der Waals surface area contributed by atoms with Crippen LogP contribution in [0, 0.1) is 0 Å². The summed E-state index contributed by atoms with van der Waals surface area (Å²) in [6, 6.07) is 10.9. The number of anilines is 3. The van der Waals surface area contributed by atoms with Gasteiger partial charge in [0.05, 0.1) is 5.56 Å². The van der Waals surface area contributed by atoms with Crippen molar-refractivity contribution >= 4 is 29.1 Å². The number of nitrogens with zero attached hydrogens (tertiary/aromatic N) is 4. The zero-order chi connectivity index (χ0) is 28.7. The summed E-state index contributed by atoms with van der Waals surface area (Å²) in [5, 5.41) is 7.59. The van der Waals surface area contributed by atoms with Crippen molar-refractivity contribution in [3.05, 3.63) is 66.0 Å². The van der Waals surface area contributed by atoms with Crippen molar-refractivity contribution in [1.29, 1.82) is 0 Å². The maximum absolute atomic E-state index is 13.9. The van der Waals surface area contributed by atoms with Gasteiger partial charge in [0.15, 0.2) is 0 Å². The smallest absolute Gasteiger partial charge is 0.416 e. The normalized spacial score (nSPS) is 14.4. The fourth-order valence-corrected chi connectivity index (χ4v) is 4.23. The van der Waals surface area contributed by atoms with Gasteiger partial charge in [-0.3, -0.25) is 9.69 Å². The summed E-state index contributed by atoms with van der Waals surface area (Å²) >= 11 is 0. The third-order valence-corrected chi connectivity index (χ3v) is 6.26. The van der Waals surface area contributed by atoms with Gasteiger partial charge >= 0.3 is 12.2 Å².